The molecular formula is C21H28ClN3O3. The van der Waals surface area contributed by atoms with Gasteiger partial charge in [-0.15, -0.1) is 0 Å². The number of benzene rings is 2. The summed E-state index contributed by atoms with van der Waals surface area (Å²) in [5, 5.41) is 3.37. The van der Waals surface area contributed by atoms with Gasteiger partial charge in [0.1, 0.15) is 11.5 Å². The van der Waals surface area contributed by atoms with Gasteiger partial charge in [0.2, 0.25) is 0 Å². The van der Waals surface area contributed by atoms with Crippen LogP contribution in [0.2, 0.25) is 5.02 Å². The van der Waals surface area contributed by atoms with Gasteiger partial charge in [0.15, 0.2) is 0 Å². The summed E-state index contributed by atoms with van der Waals surface area (Å²) in [4.78, 5) is 14.9. The Morgan fingerprint density at radius 1 is 1.18 bits per heavy atom. The van der Waals surface area contributed by atoms with E-state index in [2.05, 4.69) is 10.2 Å². The third-order valence-corrected chi connectivity index (χ3v) is 4.62. The second-order valence-electron chi connectivity index (χ2n) is 7.43. The highest BCUT2D eigenvalue weighted by atomic mass is 35.5. The first kappa shape index (κ1) is 21.9. The van der Waals surface area contributed by atoms with Crippen LogP contribution in [0.1, 0.15) is 29.8 Å². The molecule has 2 aromatic carbocycles. The van der Waals surface area contributed by atoms with E-state index in [1.807, 2.05) is 45.2 Å². The Bertz CT molecular complexity index is 822. The van der Waals surface area contributed by atoms with Crippen LogP contribution in [0.5, 0.6) is 11.5 Å². The number of carbonyl (C=O) groups is 1. The summed E-state index contributed by atoms with van der Waals surface area (Å²) < 4.78 is 10.5. The van der Waals surface area contributed by atoms with Crippen molar-refractivity contribution < 1.29 is 14.3 Å². The number of anilines is 1. The second kappa shape index (κ2) is 9.17. The van der Waals surface area contributed by atoms with Crippen molar-refractivity contribution in [1.82, 2.24) is 10.2 Å². The maximum atomic E-state index is 12.8. The average molecular weight is 406 g/mol. The number of nitrogens with zero attached hydrogens (tertiary/aromatic N) is 1. The zero-order valence-corrected chi connectivity index (χ0v) is 17.8. The number of carbonyl (C=O) groups excluding carboxylic acids is 1. The Labute approximate surface area is 171 Å². The van der Waals surface area contributed by atoms with Crippen LogP contribution in [0.3, 0.4) is 0 Å². The van der Waals surface area contributed by atoms with Crippen molar-refractivity contribution >= 4 is 23.2 Å². The molecule has 28 heavy (non-hydrogen) atoms. The highest BCUT2D eigenvalue weighted by Crippen LogP contribution is 2.29. The van der Waals surface area contributed by atoms with E-state index in [0.717, 1.165) is 17.9 Å². The molecule has 0 aliphatic carbocycles. The number of nitrogens with two attached hydrogens (primary N) is 1. The van der Waals surface area contributed by atoms with E-state index in [-0.39, 0.29) is 5.91 Å². The molecule has 152 valence electrons. The van der Waals surface area contributed by atoms with Crippen molar-refractivity contribution in [1.29, 1.82) is 0 Å². The number of methoxy groups -OCH3 is 2. The number of nitrogen functional groups attached to an aromatic ring is 1. The SMILES string of the molecule is COc1ccc(CN(C)CC(C)(C)NC(=O)c2cc(Cl)c(N)cc2OC)cc1. The largest absolute Gasteiger partial charge is 0.497 e. The molecule has 0 radical (unpaired) electrons. The number of likely N-dealkylation sites (N-methyl/N-ethyl adjacent to an activating group) is 1. The lowest BCUT2D eigenvalue weighted by molar-refractivity contribution is 0.0890. The van der Waals surface area contributed by atoms with Gasteiger partial charge in [-0.3, -0.25) is 9.69 Å². The van der Waals surface area contributed by atoms with E-state index < -0.39 is 5.54 Å². The quantitative estimate of drug-likeness (QED) is 0.656. The smallest absolute Gasteiger partial charge is 0.255 e. The van der Waals surface area contributed by atoms with Crippen LogP contribution in [0.25, 0.3) is 0 Å². The Balaban J connectivity index is 2.03. The Kier molecular flexibility index (Phi) is 7.16. The predicted octanol–water partition coefficient (Wildman–Crippen LogP) is 3.58. The molecule has 0 saturated carbocycles. The standard InChI is InChI=1S/C21H28ClN3O3/c1-21(2,13-25(3)12-14-6-8-15(27-4)9-7-14)24-20(26)16-10-17(22)18(23)11-19(16)28-5/h6-11H,12-13,23H2,1-5H3,(H,24,26). The van der Waals surface area contributed by atoms with Crippen LogP contribution < -0.4 is 20.5 Å². The lowest BCUT2D eigenvalue weighted by atomic mass is 10.0. The summed E-state index contributed by atoms with van der Waals surface area (Å²) >= 11 is 6.08. The van der Waals surface area contributed by atoms with Gasteiger partial charge in [-0.1, -0.05) is 23.7 Å². The number of ether oxygens (including phenoxy) is 2. The van der Waals surface area contributed by atoms with Gasteiger partial charge in [-0.2, -0.15) is 0 Å². The van der Waals surface area contributed by atoms with Crippen LogP contribution in [0.15, 0.2) is 36.4 Å². The average Bonchev–Trinajstić information content (AvgIpc) is 2.63. The molecule has 6 nitrogen and oxygen atoms in total. The summed E-state index contributed by atoms with van der Waals surface area (Å²) in [5.41, 5.74) is 7.20. The fourth-order valence-electron chi connectivity index (χ4n) is 3.10. The molecule has 0 atom stereocenters. The van der Waals surface area contributed by atoms with E-state index in [0.29, 0.717) is 28.6 Å². The van der Waals surface area contributed by atoms with Gasteiger partial charge in [0.05, 0.1) is 30.5 Å². The van der Waals surface area contributed by atoms with E-state index in [4.69, 9.17) is 26.8 Å². The van der Waals surface area contributed by atoms with E-state index in [1.54, 1.807) is 13.2 Å². The summed E-state index contributed by atoms with van der Waals surface area (Å²) in [6.07, 6.45) is 0. The number of hydrogen-bond acceptors (Lipinski definition) is 5. The van der Waals surface area contributed by atoms with Crippen LogP contribution in [-0.2, 0) is 6.54 Å². The molecule has 0 aliphatic rings. The molecule has 0 saturated heterocycles. The Morgan fingerprint density at radius 2 is 1.82 bits per heavy atom. The highest BCUT2D eigenvalue weighted by molar-refractivity contribution is 6.33. The van der Waals surface area contributed by atoms with Gasteiger partial charge < -0.3 is 20.5 Å². The maximum absolute atomic E-state index is 12.8. The Morgan fingerprint density at radius 3 is 2.39 bits per heavy atom. The number of rotatable bonds is 8. The molecule has 0 heterocycles. The summed E-state index contributed by atoms with van der Waals surface area (Å²) in [6.45, 7) is 5.34. The molecule has 2 aromatic rings. The topological polar surface area (TPSA) is 76.8 Å². The minimum Gasteiger partial charge on any atom is -0.497 e. The molecule has 0 fully saturated rings. The molecule has 0 aromatic heterocycles. The third-order valence-electron chi connectivity index (χ3n) is 4.29. The summed E-state index contributed by atoms with van der Waals surface area (Å²) in [6, 6.07) is 11.0. The third kappa shape index (κ3) is 5.78. The van der Waals surface area contributed by atoms with Crippen LogP contribution in [0.4, 0.5) is 5.69 Å². The van der Waals surface area contributed by atoms with Crippen molar-refractivity contribution in [3.8, 4) is 11.5 Å². The van der Waals surface area contributed by atoms with Crippen LogP contribution in [-0.4, -0.2) is 44.2 Å². The molecule has 0 aliphatic heterocycles. The molecule has 7 heteroatoms. The molecule has 0 spiro atoms. The monoisotopic (exact) mass is 405 g/mol. The maximum Gasteiger partial charge on any atom is 0.255 e. The van der Waals surface area contributed by atoms with Crippen LogP contribution in [0, 0.1) is 0 Å². The van der Waals surface area contributed by atoms with Crippen molar-refractivity contribution in [2.75, 3.05) is 33.5 Å². The highest BCUT2D eigenvalue weighted by Gasteiger charge is 2.25. The fraction of sp³-hybridized carbons (Fsp3) is 0.381. The van der Waals surface area contributed by atoms with Crippen molar-refractivity contribution in [2.45, 2.75) is 25.9 Å². The van der Waals surface area contributed by atoms with Gasteiger partial charge in [-0.25, -0.2) is 0 Å². The number of halogens is 1. The predicted molar refractivity (Wildman–Crippen MR) is 113 cm³/mol. The number of amides is 1. The second-order valence-corrected chi connectivity index (χ2v) is 7.84. The summed E-state index contributed by atoms with van der Waals surface area (Å²) in [7, 11) is 5.15. The first-order valence-electron chi connectivity index (χ1n) is 8.92. The molecular weight excluding hydrogens is 378 g/mol. The minimum absolute atomic E-state index is 0.262. The van der Waals surface area contributed by atoms with E-state index in [9.17, 15) is 4.79 Å². The first-order chi connectivity index (χ1) is 13.1. The lowest BCUT2D eigenvalue weighted by Crippen LogP contribution is -2.50. The normalized spacial score (nSPS) is 11.4. The van der Waals surface area contributed by atoms with Gasteiger partial charge in [0, 0.05) is 24.7 Å². The van der Waals surface area contributed by atoms with Gasteiger partial charge in [0.25, 0.3) is 5.91 Å². The van der Waals surface area contributed by atoms with E-state index in [1.165, 1.54) is 13.2 Å². The number of nitrogens with one attached hydrogen (secondary N) is 1. The van der Waals surface area contributed by atoms with E-state index >= 15 is 0 Å². The van der Waals surface area contributed by atoms with Crippen LogP contribution >= 0.6 is 11.6 Å². The lowest BCUT2D eigenvalue weighted by Gasteiger charge is -2.31. The van der Waals surface area contributed by atoms with Crippen molar-refractivity contribution in [3.63, 3.8) is 0 Å². The summed E-state index contributed by atoms with van der Waals surface area (Å²) in [5.74, 6) is 0.957. The van der Waals surface area contributed by atoms with Gasteiger partial charge in [-0.05, 0) is 44.7 Å². The zero-order valence-electron chi connectivity index (χ0n) is 17.0. The zero-order chi connectivity index (χ0) is 20.9. The molecule has 0 unspecified atom stereocenters. The van der Waals surface area contributed by atoms with Crippen molar-refractivity contribution in [2.24, 2.45) is 0 Å². The molecule has 0 bridgehead atoms. The molecule has 1 amide bonds. The number of hydrogen-bond donors (Lipinski definition) is 2. The minimum atomic E-state index is -0.475. The molecule has 3 N–H and O–H groups in total. The van der Waals surface area contributed by atoms with Gasteiger partial charge >= 0.3 is 0 Å². The Hall–Kier alpha value is -2.44. The fourth-order valence-corrected chi connectivity index (χ4v) is 3.27. The van der Waals surface area contributed by atoms with Crippen molar-refractivity contribution in [3.05, 3.63) is 52.5 Å². The molecule has 2 rings (SSSR count). The first-order valence-corrected chi connectivity index (χ1v) is 9.30.